The fourth-order valence-electron chi connectivity index (χ4n) is 2.20. The molecule has 0 aliphatic heterocycles. The van der Waals surface area contributed by atoms with Crippen molar-refractivity contribution in [2.24, 2.45) is 0 Å². The van der Waals surface area contributed by atoms with Crippen LogP contribution in [-0.4, -0.2) is 10.2 Å². The first-order chi connectivity index (χ1) is 10.2. The van der Waals surface area contributed by atoms with Crippen LogP contribution in [0.15, 0.2) is 54.7 Å². The molecule has 0 amide bonds. The maximum absolute atomic E-state index is 4.18. The maximum Gasteiger partial charge on any atom is 0.0700 e. The Bertz CT molecular complexity index is 735. The van der Waals surface area contributed by atoms with Crippen molar-refractivity contribution in [3.8, 4) is 11.3 Å². The number of anilines is 1. The van der Waals surface area contributed by atoms with Crippen molar-refractivity contribution < 1.29 is 0 Å². The molecule has 0 bridgehead atoms. The second-order valence-electron chi connectivity index (χ2n) is 4.95. The molecule has 0 aliphatic rings. The van der Waals surface area contributed by atoms with E-state index in [0.29, 0.717) is 0 Å². The van der Waals surface area contributed by atoms with E-state index in [0.717, 1.165) is 29.1 Å². The molecule has 21 heavy (non-hydrogen) atoms. The molecule has 3 nitrogen and oxygen atoms in total. The Labute approximate surface area is 137 Å². The normalized spacial score (nSPS) is 10.6. The molecule has 1 heterocycles. The molecule has 1 aromatic heterocycles. The Morgan fingerprint density at radius 2 is 1.95 bits per heavy atom. The molecule has 4 heteroatoms. The number of aromatic nitrogens is 2. The van der Waals surface area contributed by atoms with E-state index in [4.69, 9.17) is 0 Å². The van der Waals surface area contributed by atoms with Gasteiger partial charge in [0.2, 0.25) is 0 Å². The smallest absolute Gasteiger partial charge is 0.0700 e. The number of nitrogens with zero attached hydrogens (tertiary/aromatic N) is 1. The van der Waals surface area contributed by atoms with E-state index < -0.39 is 0 Å². The Hall–Kier alpha value is -1.82. The monoisotopic (exact) mass is 389 g/mol. The van der Waals surface area contributed by atoms with Crippen LogP contribution in [0.25, 0.3) is 11.3 Å². The second-order valence-corrected chi connectivity index (χ2v) is 6.12. The molecule has 0 radical (unpaired) electrons. The van der Waals surface area contributed by atoms with Gasteiger partial charge in [0.25, 0.3) is 0 Å². The fourth-order valence-corrected chi connectivity index (χ4v) is 2.72. The van der Waals surface area contributed by atoms with Crippen LogP contribution >= 0.6 is 22.6 Å². The first-order valence-electron chi connectivity index (χ1n) is 6.82. The van der Waals surface area contributed by atoms with Crippen LogP contribution in [0.3, 0.4) is 0 Å². The number of halogens is 1. The zero-order chi connectivity index (χ0) is 14.7. The van der Waals surface area contributed by atoms with E-state index in [1.54, 1.807) is 0 Å². The van der Waals surface area contributed by atoms with Crippen molar-refractivity contribution in [1.29, 1.82) is 0 Å². The third kappa shape index (κ3) is 3.26. The third-order valence-corrected chi connectivity index (χ3v) is 4.60. The standard InChI is InChI=1S/C17H16IN3/c1-12-7-8-15(9-16(12)18)19-10-14-11-20-21-17(14)13-5-3-2-4-6-13/h2-9,11,19H,10H2,1H3,(H,20,21). The Morgan fingerprint density at radius 1 is 1.14 bits per heavy atom. The Balaban J connectivity index is 1.77. The number of nitrogens with one attached hydrogen (secondary N) is 2. The van der Waals surface area contributed by atoms with Gasteiger partial charge in [-0.3, -0.25) is 5.10 Å². The summed E-state index contributed by atoms with van der Waals surface area (Å²) in [6, 6.07) is 16.7. The average molecular weight is 389 g/mol. The largest absolute Gasteiger partial charge is 0.381 e. The summed E-state index contributed by atoms with van der Waals surface area (Å²) in [6.07, 6.45) is 1.88. The van der Waals surface area contributed by atoms with Crippen LogP contribution in [-0.2, 0) is 6.54 Å². The second kappa shape index (κ2) is 6.30. The SMILES string of the molecule is Cc1ccc(NCc2cn[nH]c2-c2ccccc2)cc1I. The summed E-state index contributed by atoms with van der Waals surface area (Å²) >= 11 is 2.36. The van der Waals surface area contributed by atoms with E-state index >= 15 is 0 Å². The zero-order valence-corrected chi connectivity index (χ0v) is 13.9. The van der Waals surface area contributed by atoms with Crippen molar-refractivity contribution in [3.05, 3.63) is 69.4 Å². The molecule has 3 aromatic rings. The topological polar surface area (TPSA) is 40.7 Å². The molecular formula is C17H16IN3. The number of hydrogen-bond donors (Lipinski definition) is 2. The summed E-state index contributed by atoms with van der Waals surface area (Å²) in [6.45, 7) is 2.87. The molecule has 0 fully saturated rings. The van der Waals surface area contributed by atoms with Crippen LogP contribution in [0.5, 0.6) is 0 Å². The maximum atomic E-state index is 4.18. The zero-order valence-electron chi connectivity index (χ0n) is 11.7. The highest BCUT2D eigenvalue weighted by atomic mass is 127. The number of rotatable bonds is 4. The Kier molecular flexibility index (Phi) is 4.24. The van der Waals surface area contributed by atoms with Crippen molar-refractivity contribution in [1.82, 2.24) is 10.2 Å². The molecule has 106 valence electrons. The van der Waals surface area contributed by atoms with Gasteiger partial charge in [0.05, 0.1) is 11.9 Å². The van der Waals surface area contributed by atoms with Crippen molar-refractivity contribution >= 4 is 28.3 Å². The summed E-state index contributed by atoms with van der Waals surface area (Å²) in [4.78, 5) is 0. The Morgan fingerprint density at radius 3 is 2.71 bits per heavy atom. The molecule has 0 saturated heterocycles. The lowest BCUT2D eigenvalue weighted by Gasteiger charge is -2.08. The predicted molar refractivity (Wildman–Crippen MR) is 95.2 cm³/mol. The van der Waals surface area contributed by atoms with Crippen LogP contribution < -0.4 is 5.32 Å². The van der Waals surface area contributed by atoms with Gasteiger partial charge in [-0.05, 0) is 52.8 Å². The van der Waals surface area contributed by atoms with Gasteiger partial charge in [0.15, 0.2) is 0 Å². The van der Waals surface area contributed by atoms with E-state index in [1.165, 1.54) is 9.13 Å². The first kappa shape index (κ1) is 14.1. The summed E-state index contributed by atoms with van der Waals surface area (Å²) in [5, 5.41) is 10.7. The van der Waals surface area contributed by atoms with Gasteiger partial charge in [-0.25, -0.2) is 0 Å². The fraction of sp³-hybridized carbons (Fsp3) is 0.118. The third-order valence-electron chi connectivity index (χ3n) is 3.44. The van der Waals surface area contributed by atoms with Gasteiger partial charge < -0.3 is 5.32 Å². The lowest BCUT2D eigenvalue weighted by molar-refractivity contribution is 1.10. The van der Waals surface area contributed by atoms with Gasteiger partial charge in [-0.2, -0.15) is 5.10 Å². The van der Waals surface area contributed by atoms with E-state index in [-0.39, 0.29) is 0 Å². The number of benzene rings is 2. The molecule has 0 atom stereocenters. The molecule has 2 N–H and O–H groups in total. The van der Waals surface area contributed by atoms with Crippen LogP contribution in [0.1, 0.15) is 11.1 Å². The summed E-state index contributed by atoms with van der Waals surface area (Å²) < 4.78 is 1.27. The van der Waals surface area contributed by atoms with Gasteiger partial charge in [0, 0.05) is 21.4 Å². The number of aromatic amines is 1. The van der Waals surface area contributed by atoms with Crippen LogP contribution in [0.2, 0.25) is 0 Å². The average Bonchev–Trinajstić information content (AvgIpc) is 2.98. The predicted octanol–water partition coefficient (Wildman–Crippen LogP) is 4.60. The van der Waals surface area contributed by atoms with Crippen LogP contribution in [0.4, 0.5) is 5.69 Å². The van der Waals surface area contributed by atoms with Crippen LogP contribution in [0, 0.1) is 10.5 Å². The number of H-pyrrole nitrogens is 1. The molecule has 2 aromatic carbocycles. The van der Waals surface area contributed by atoms with Crippen molar-refractivity contribution in [2.45, 2.75) is 13.5 Å². The highest BCUT2D eigenvalue weighted by Gasteiger charge is 2.07. The number of hydrogen-bond acceptors (Lipinski definition) is 2. The summed E-state index contributed by atoms with van der Waals surface area (Å²) in [5.41, 5.74) is 5.83. The molecular weight excluding hydrogens is 373 g/mol. The summed E-state index contributed by atoms with van der Waals surface area (Å²) in [5.74, 6) is 0. The van der Waals surface area contributed by atoms with E-state index in [2.05, 4.69) is 75.4 Å². The molecule has 0 spiro atoms. The van der Waals surface area contributed by atoms with Gasteiger partial charge in [0.1, 0.15) is 0 Å². The highest BCUT2D eigenvalue weighted by Crippen LogP contribution is 2.22. The lowest BCUT2D eigenvalue weighted by Crippen LogP contribution is -2.00. The molecule has 0 aliphatic carbocycles. The van der Waals surface area contributed by atoms with Crippen molar-refractivity contribution in [3.63, 3.8) is 0 Å². The minimum Gasteiger partial charge on any atom is -0.381 e. The van der Waals surface area contributed by atoms with Crippen molar-refractivity contribution in [2.75, 3.05) is 5.32 Å². The van der Waals surface area contributed by atoms with Gasteiger partial charge >= 0.3 is 0 Å². The molecule has 3 rings (SSSR count). The highest BCUT2D eigenvalue weighted by molar-refractivity contribution is 14.1. The quantitative estimate of drug-likeness (QED) is 0.641. The minimum atomic E-state index is 0.750. The molecule has 0 saturated carbocycles. The summed E-state index contributed by atoms with van der Waals surface area (Å²) in [7, 11) is 0. The van der Waals surface area contributed by atoms with E-state index in [1.807, 2.05) is 24.4 Å². The van der Waals surface area contributed by atoms with Gasteiger partial charge in [-0.1, -0.05) is 36.4 Å². The van der Waals surface area contributed by atoms with Gasteiger partial charge in [-0.15, -0.1) is 0 Å². The number of aryl methyl sites for hydroxylation is 1. The minimum absolute atomic E-state index is 0.750. The lowest BCUT2D eigenvalue weighted by atomic mass is 10.1. The first-order valence-corrected chi connectivity index (χ1v) is 7.89. The molecule has 0 unspecified atom stereocenters. The van der Waals surface area contributed by atoms with E-state index in [9.17, 15) is 0 Å².